The molecule has 0 aliphatic heterocycles. The second-order valence-corrected chi connectivity index (χ2v) is 5.17. The van der Waals surface area contributed by atoms with Crippen LogP contribution in [0.3, 0.4) is 0 Å². The van der Waals surface area contributed by atoms with Gasteiger partial charge in [0.05, 0.1) is 0 Å². The molecule has 98 valence electrons. The van der Waals surface area contributed by atoms with Crippen LogP contribution in [0.5, 0.6) is 0 Å². The van der Waals surface area contributed by atoms with Gasteiger partial charge in [0, 0.05) is 24.0 Å². The number of aromatic nitrogens is 2. The smallest absolute Gasteiger partial charge is 0.202 e. The molecule has 1 rings (SSSR count). The minimum absolute atomic E-state index is 0.414. The molecule has 5 heteroatoms. The van der Waals surface area contributed by atoms with E-state index >= 15 is 0 Å². The quantitative estimate of drug-likeness (QED) is 0.726. The average molecular weight is 256 g/mol. The highest BCUT2D eigenvalue weighted by molar-refractivity contribution is 7.09. The van der Waals surface area contributed by atoms with Crippen LogP contribution >= 0.6 is 11.5 Å². The van der Waals surface area contributed by atoms with Crippen LogP contribution in [0, 0.1) is 0 Å². The molecule has 0 unspecified atom stereocenters. The molecule has 0 atom stereocenters. The van der Waals surface area contributed by atoms with Crippen molar-refractivity contribution in [2.75, 3.05) is 31.5 Å². The SMILES string of the molecule is CCN(CC)CCCNc1nc(C(C)C)ns1. The van der Waals surface area contributed by atoms with E-state index in [4.69, 9.17) is 0 Å². The van der Waals surface area contributed by atoms with Crippen LogP contribution in [0.25, 0.3) is 0 Å². The third-order valence-electron chi connectivity index (χ3n) is 2.78. The van der Waals surface area contributed by atoms with Crippen LogP contribution in [0.15, 0.2) is 0 Å². The Hall–Kier alpha value is -0.680. The average Bonchev–Trinajstić information content (AvgIpc) is 2.78. The molecule has 0 aliphatic carbocycles. The van der Waals surface area contributed by atoms with Crippen molar-refractivity contribution in [3.63, 3.8) is 0 Å². The molecule has 0 aliphatic rings. The lowest BCUT2D eigenvalue weighted by atomic mass is 10.2. The van der Waals surface area contributed by atoms with Gasteiger partial charge < -0.3 is 10.2 Å². The molecule has 17 heavy (non-hydrogen) atoms. The van der Waals surface area contributed by atoms with Crippen LogP contribution in [0.2, 0.25) is 0 Å². The maximum atomic E-state index is 4.45. The number of hydrogen-bond acceptors (Lipinski definition) is 5. The summed E-state index contributed by atoms with van der Waals surface area (Å²) in [6, 6.07) is 0. The van der Waals surface area contributed by atoms with Crippen LogP contribution in [-0.4, -0.2) is 40.4 Å². The van der Waals surface area contributed by atoms with E-state index in [1.807, 2.05) is 0 Å². The van der Waals surface area contributed by atoms with E-state index in [0.29, 0.717) is 5.92 Å². The first-order valence-corrected chi connectivity index (χ1v) is 7.24. The van der Waals surface area contributed by atoms with Crippen molar-refractivity contribution in [3.8, 4) is 0 Å². The summed E-state index contributed by atoms with van der Waals surface area (Å²) in [5.41, 5.74) is 0. The summed E-state index contributed by atoms with van der Waals surface area (Å²) in [4.78, 5) is 6.88. The van der Waals surface area contributed by atoms with Crippen molar-refractivity contribution in [2.24, 2.45) is 0 Å². The summed E-state index contributed by atoms with van der Waals surface area (Å²) in [6.45, 7) is 13.0. The standard InChI is InChI=1S/C12H24N4S/c1-5-16(6-2)9-7-8-13-12-14-11(10(3)4)15-17-12/h10H,5-9H2,1-4H3,(H,13,14,15). The highest BCUT2D eigenvalue weighted by Gasteiger charge is 2.06. The molecule has 0 saturated carbocycles. The zero-order valence-corrected chi connectivity index (χ0v) is 12.2. The van der Waals surface area contributed by atoms with Crippen LogP contribution in [-0.2, 0) is 0 Å². The minimum atomic E-state index is 0.414. The Morgan fingerprint density at radius 2 is 2.00 bits per heavy atom. The molecule has 1 N–H and O–H groups in total. The van der Waals surface area contributed by atoms with E-state index in [0.717, 1.165) is 43.6 Å². The van der Waals surface area contributed by atoms with Gasteiger partial charge in [-0.1, -0.05) is 27.7 Å². The zero-order valence-electron chi connectivity index (χ0n) is 11.4. The first-order chi connectivity index (χ1) is 8.17. The molecule has 0 radical (unpaired) electrons. The summed E-state index contributed by atoms with van der Waals surface area (Å²) >= 11 is 1.46. The maximum absolute atomic E-state index is 4.45. The lowest BCUT2D eigenvalue weighted by Crippen LogP contribution is -2.25. The number of anilines is 1. The zero-order chi connectivity index (χ0) is 12.7. The second kappa shape index (κ2) is 7.61. The molecule has 0 fully saturated rings. The van der Waals surface area contributed by atoms with Gasteiger partial charge in [0.25, 0.3) is 0 Å². The molecule has 4 nitrogen and oxygen atoms in total. The largest absolute Gasteiger partial charge is 0.360 e. The fraction of sp³-hybridized carbons (Fsp3) is 0.833. The molecule has 0 spiro atoms. The van der Waals surface area contributed by atoms with Gasteiger partial charge in [-0.2, -0.15) is 4.37 Å². The van der Waals surface area contributed by atoms with E-state index in [2.05, 4.69) is 47.3 Å². The first kappa shape index (κ1) is 14.4. The molecule has 0 saturated heterocycles. The van der Waals surface area contributed by atoms with Crippen LogP contribution < -0.4 is 5.32 Å². The van der Waals surface area contributed by atoms with E-state index in [9.17, 15) is 0 Å². The molecule has 0 bridgehead atoms. The Morgan fingerprint density at radius 1 is 1.29 bits per heavy atom. The van der Waals surface area contributed by atoms with Gasteiger partial charge in [0.1, 0.15) is 5.82 Å². The molecule has 1 aromatic rings. The predicted octanol–water partition coefficient (Wildman–Crippen LogP) is 2.81. The first-order valence-electron chi connectivity index (χ1n) is 6.47. The van der Waals surface area contributed by atoms with Gasteiger partial charge in [-0.05, 0) is 26.1 Å². The van der Waals surface area contributed by atoms with E-state index in [1.54, 1.807) is 0 Å². The fourth-order valence-corrected chi connectivity index (χ4v) is 2.31. The molecular weight excluding hydrogens is 232 g/mol. The van der Waals surface area contributed by atoms with Gasteiger partial charge >= 0.3 is 0 Å². The van der Waals surface area contributed by atoms with Gasteiger partial charge in [-0.3, -0.25) is 0 Å². The fourth-order valence-electron chi connectivity index (χ4n) is 1.58. The third-order valence-corrected chi connectivity index (χ3v) is 3.47. The Balaban J connectivity index is 2.21. The molecule has 0 aromatic carbocycles. The van der Waals surface area contributed by atoms with Gasteiger partial charge in [0.15, 0.2) is 0 Å². The highest BCUT2D eigenvalue weighted by Crippen LogP contribution is 2.16. The van der Waals surface area contributed by atoms with Crippen molar-refractivity contribution in [3.05, 3.63) is 5.82 Å². The third kappa shape index (κ3) is 5.00. The highest BCUT2D eigenvalue weighted by atomic mass is 32.1. The van der Waals surface area contributed by atoms with Crippen LogP contribution in [0.1, 0.15) is 45.9 Å². The van der Waals surface area contributed by atoms with Gasteiger partial charge in [0.2, 0.25) is 5.13 Å². The molecule has 0 amide bonds. The Bertz CT molecular complexity index is 307. The summed E-state index contributed by atoms with van der Waals surface area (Å²) < 4.78 is 4.32. The van der Waals surface area contributed by atoms with Crippen molar-refractivity contribution < 1.29 is 0 Å². The normalized spacial score (nSPS) is 11.4. The summed E-state index contributed by atoms with van der Waals surface area (Å²) in [5.74, 6) is 1.36. The van der Waals surface area contributed by atoms with E-state index in [-0.39, 0.29) is 0 Å². The number of hydrogen-bond donors (Lipinski definition) is 1. The summed E-state index contributed by atoms with van der Waals surface area (Å²) in [6.07, 6.45) is 1.15. The second-order valence-electron chi connectivity index (χ2n) is 4.42. The number of rotatable bonds is 8. The maximum Gasteiger partial charge on any atom is 0.202 e. The summed E-state index contributed by atoms with van der Waals surface area (Å²) in [7, 11) is 0. The summed E-state index contributed by atoms with van der Waals surface area (Å²) in [5, 5.41) is 4.29. The van der Waals surface area contributed by atoms with Crippen molar-refractivity contribution in [1.82, 2.24) is 14.3 Å². The van der Waals surface area contributed by atoms with Gasteiger partial charge in [-0.25, -0.2) is 4.98 Å². The van der Waals surface area contributed by atoms with Crippen LogP contribution in [0.4, 0.5) is 5.13 Å². The number of nitrogens with zero attached hydrogens (tertiary/aromatic N) is 3. The number of nitrogens with one attached hydrogen (secondary N) is 1. The Labute approximate surface area is 109 Å². The Morgan fingerprint density at radius 3 is 2.53 bits per heavy atom. The van der Waals surface area contributed by atoms with Crippen molar-refractivity contribution >= 4 is 16.7 Å². The topological polar surface area (TPSA) is 41.0 Å². The van der Waals surface area contributed by atoms with Crippen molar-refractivity contribution in [2.45, 2.75) is 40.0 Å². The monoisotopic (exact) mass is 256 g/mol. The Kier molecular flexibility index (Phi) is 6.44. The lowest BCUT2D eigenvalue weighted by molar-refractivity contribution is 0.303. The predicted molar refractivity (Wildman–Crippen MR) is 74.9 cm³/mol. The van der Waals surface area contributed by atoms with Gasteiger partial charge in [-0.15, -0.1) is 0 Å². The minimum Gasteiger partial charge on any atom is -0.360 e. The molecule has 1 aromatic heterocycles. The lowest BCUT2D eigenvalue weighted by Gasteiger charge is -2.17. The van der Waals surface area contributed by atoms with E-state index in [1.165, 1.54) is 11.5 Å². The van der Waals surface area contributed by atoms with Crippen molar-refractivity contribution in [1.29, 1.82) is 0 Å². The van der Waals surface area contributed by atoms with E-state index < -0.39 is 0 Å². The molecule has 1 heterocycles. The molecular formula is C12H24N4S.